The first kappa shape index (κ1) is 10.1. The highest BCUT2D eigenvalue weighted by molar-refractivity contribution is 7.80. The van der Waals surface area contributed by atoms with Crippen LogP contribution in [0.3, 0.4) is 0 Å². The van der Waals surface area contributed by atoms with Crippen LogP contribution in [0.15, 0.2) is 0 Å². The highest BCUT2D eigenvalue weighted by Crippen LogP contribution is 2.18. The van der Waals surface area contributed by atoms with Crippen molar-refractivity contribution >= 4 is 18.4 Å². The molecule has 0 radical (unpaired) electrons. The maximum absolute atomic E-state index is 11.4. The largest absolute Gasteiger partial charge is 0.306 e. The van der Waals surface area contributed by atoms with E-state index in [0.717, 1.165) is 25.9 Å². The van der Waals surface area contributed by atoms with Crippen LogP contribution in [0.25, 0.3) is 0 Å². The smallest absolute Gasteiger partial charge is 0.136 e. The van der Waals surface area contributed by atoms with E-state index in [-0.39, 0.29) is 0 Å². The lowest BCUT2D eigenvalue weighted by Gasteiger charge is -2.27. The summed E-state index contributed by atoms with van der Waals surface area (Å²) in [6.45, 7) is 2.14. The van der Waals surface area contributed by atoms with Crippen molar-refractivity contribution in [3.05, 3.63) is 0 Å². The molecule has 1 aliphatic rings. The molecule has 0 unspecified atom stereocenters. The van der Waals surface area contributed by atoms with Gasteiger partial charge in [-0.2, -0.15) is 12.6 Å². The van der Waals surface area contributed by atoms with E-state index in [9.17, 15) is 4.79 Å². The van der Waals surface area contributed by atoms with Crippen molar-refractivity contribution in [2.75, 3.05) is 25.9 Å². The van der Waals surface area contributed by atoms with E-state index in [1.54, 1.807) is 0 Å². The zero-order valence-electron chi connectivity index (χ0n) is 7.62. The van der Waals surface area contributed by atoms with Gasteiger partial charge < -0.3 is 4.90 Å². The summed E-state index contributed by atoms with van der Waals surface area (Å²) in [5.41, 5.74) is 0. The second-order valence-electron chi connectivity index (χ2n) is 3.52. The van der Waals surface area contributed by atoms with Gasteiger partial charge in [-0.05, 0) is 38.7 Å². The van der Waals surface area contributed by atoms with Gasteiger partial charge in [0.1, 0.15) is 5.78 Å². The van der Waals surface area contributed by atoms with Crippen LogP contribution in [0, 0.1) is 5.92 Å². The van der Waals surface area contributed by atoms with Crippen molar-refractivity contribution in [1.82, 2.24) is 4.90 Å². The van der Waals surface area contributed by atoms with Crippen LogP contribution in [-0.4, -0.2) is 36.6 Å². The van der Waals surface area contributed by atoms with E-state index in [2.05, 4.69) is 24.6 Å². The van der Waals surface area contributed by atoms with Gasteiger partial charge in [0.15, 0.2) is 0 Å². The summed E-state index contributed by atoms with van der Waals surface area (Å²) in [4.78, 5) is 13.7. The number of carbonyl (C=O) groups is 1. The number of thiol groups is 1. The summed E-state index contributed by atoms with van der Waals surface area (Å²) < 4.78 is 0. The molecule has 1 heterocycles. The van der Waals surface area contributed by atoms with Gasteiger partial charge in [-0.3, -0.25) is 4.79 Å². The Labute approximate surface area is 79.7 Å². The fourth-order valence-electron chi connectivity index (χ4n) is 1.64. The molecular weight excluding hydrogens is 170 g/mol. The third-order valence-corrected chi connectivity index (χ3v) is 2.76. The molecule has 3 heteroatoms. The van der Waals surface area contributed by atoms with Crippen molar-refractivity contribution in [1.29, 1.82) is 0 Å². The Morgan fingerprint density at radius 2 is 2.08 bits per heavy atom. The van der Waals surface area contributed by atoms with Gasteiger partial charge in [-0.15, -0.1) is 0 Å². The predicted molar refractivity (Wildman–Crippen MR) is 53.7 cm³/mol. The molecule has 0 atom stereocenters. The summed E-state index contributed by atoms with van der Waals surface area (Å²) in [6.07, 6.45) is 2.74. The van der Waals surface area contributed by atoms with E-state index in [4.69, 9.17) is 0 Å². The normalized spacial score (nSPS) is 21.2. The Hall–Kier alpha value is -0.0200. The minimum atomic E-state index is 0.327. The molecule has 70 valence electrons. The summed E-state index contributed by atoms with van der Waals surface area (Å²) in [6, 6.07) is 0. The Kier molecular flexibility index (Phi) is 4.09. The molecule has 1 fully saturated rings. The molecular formula is C9H17NOS. The average molecular weight is 187 g/mol. The lowest BCUT2D eigenvalue weighted by Crippen LogP contribution is -2.33. The quantitative estimate of drug-likeness (QED) is 0.670. The third-order valence-electron chi connectivity index (χ3n) is 2.53. The van der Waals surface area contributed by atoms with Crippen LogP contribution in [0.2, 0.25) is 0 Å². The third kappa shape index (κ3) is 2.79. The zero-order valence-corrected chi connectivity index (χ0v) is 8.52. The van der Waals surface area contributed by atoms with Gasteiger partial charge in [-0.25, -0.2) is 0 Å². The Balaban J connectivity index is 2.29. The molecule has 0 aromatic carbocycles. The standard InChI is InChI=1S/C9H17NOS/c1-10-5-2-8(3-6-10)9(11)4-7-12/h8,12H,2-7H2,1H3. The minimum Gasteiger partial charge on any atom is -0.306 e. The molecule has 0 N–H and O–H groups in total. The number of rotatable bonds is 3. The molecule has 0 bridgehead atoms. The molecule has 12 heavy (non-hydrogen) atoms. The van der Waals surface area contributed by atoms with E-state index in [1.807, 2.05) is 0 Å². The lowest BCUT2D eigenvalue weighted by atomic mass is 9.91. The molecule has 0 saturated carbocycles. The maximum atomic E-state index is 11.4. The van der Waals surface area contributed by atoms with Crippen LogP contribution in [0.4, 0.5) is 0 Å². The van der Waals surface area contributed by atoms with Crippen molar-refractivity contribution in [3.8, 4) is 0 Å². The molecule has 1 rings (SSSR count). The molecule has 0 amide bonds. The van der Waals surface area contributed by atoms with Gasteiger partial charge in [0.2, 0.25) is 0 Å². The van der Waals surface area contributed by atoms with Crippen LogP contribution in [-0.2, 0) is 4.79 Å². The minimum absolute atomic E-state index is 0.327. The van der Waals surface area contributed by atoms with Gasteiger partial charge >= 0.3 is 0 Å². The monoisotopic (exact) mass is 187 g/mol. The number of carbonyl (C=O) groups excluding carboxylic acids is 1. The molecule has 0 aromatic heterocycles. The van der Waals surface area contributed by atoms with Crippen LogP contribution in [0.5, 0.6) is 0 Å². The zero-order chi connectivity index (χ0) is 8.97. The first-order valence-electron chi connectivity index (χ1n) is 4.56. The van der Waals surface area contributed by atoms with E-state index < -0.39 is 0 Å². The molecule has 2 nitrogen and oxygen atoms in total. The first-order valence-corrected chi connectivity index (χ1v) is 5.19. The highest BCUT2D eigenvalue weighted by Gasteiger charge is 2.21. The van der Waals surface area contributed by atoms with Crippen molar-refractivity contribution < 1.29 is 4.79 Å². The maximum Gasteiger partial charge on any atom is 0.136 e. The number of ketones is 1. The average Bonchev–Trinajstić information content (AvgIpc) is 2.06. The first-order chi connectivity index (χ1) is 5.74. The van der Waals surface area contributed by atoms with Gasteiger partial charge in [-0.1, -0.05) is 0 Å². The van der Waals surface area contributed by atoms with Crippen LogP contribution >= 0.6 is 12.6 Å². The van der Waals surface area contributed by atoms with E-state index >= 15 is 0 Å². The number of nitrogens with zero attached hydrogens (tertiary/aromatic N) is 1. The Morgan fingerprint density at radius 1 is 1.50 bits per heavy atom. The molecule has 0 aromatic rings. The van der Waals surface area contributed by atoms with E-state index in [0.29, 0.717) is 23.9 Å². The summed E-state index contributed by atoms with van der Waals surface area (Å²) >= 11 is 4.07. The summed E-state index contributed by atoms with van der Waals surface area (Å²) in [5, 5.41) is 0. The predicted octanol–water partition coefficient (Wildman–Crippen LogP) is 1.22. The van der Waals surface area contributed by atoms with Crippen molar-refractivity contribution in [2.45, 2.75) is 19.3 Å². The number of hydrogen-bond acceptors (Lipinski definition) is 3. The second kappa shape index (κ2) is 4.87. The number of Topliss-reactive ketones (excluding diaryl/α,β-unsaturated/α-hetero) is 1. The SMILES string of the molecule is CN1CCC(C(=O)CCS)CC1. The van der Waals surface area contributed by atoms with Gasteiger partial charge in [0.05, 0.1) is 0 Å². The van der Waals surface area contributed by atoms with Gasteiger partial charge in [0.25, 0.3) is 0 Å². The second-order valence-corrected chi connectivity index (χ2v) is 3.96. The molecule has 1 aliphatic heterocycles. The lowest BCUT2D eigenvalue weighted by molar-refractivity contribution is -0.123. The van der Waals surface area contributed by atoms with Crippen molar-refractivity contribution in [3.63, 3.8) is 0 Å². The summed E-state index contributed by atoms with van der Waals surface area (Å²) in [7, 11) is 2.11. The number of likely N-dealkylation sites (tertiary alicyclic amines) is 1. The molecule has 0 aliphatic carbocycles. The van der Waals surface area contributed by atoms with Gasteiger partial charge in [0, 0.05) is 12.3 Å². The van der Waals surface area contributed by atoms with Crippen LogP contribution < -0.4 is 0 Å². The van der Waals surface area contributed by atoms with E-state index in [1.165, 1.54) is 0 Å². The summed E-state index contributed by atoms with van der Waals surface area (Å²) in [5.74, 6) is 1.44. The topological polar surface area (TPSA) is 20.3 Å². The fourth-order valence-corrected chi connectivity index (χ4v) is 1.87. The number of piperidine rings is 1. The highest BCUT2D eigenvalue weighted by atomic mass is 32.1. The Morgan fingerprint density at radius 3 is 2.58 bits per heavy atom. The molecule has 0 spiro atoms. The Bertz CT molecular complexity index is 153. The van der Waals surface area contributed by atoms with Crippen molar-refractivity contribution in [2.24, 2.45) is 5.92 Å². The molecule has 1 saturated heterocycles. The fraction of sp³-hybridized carbons (Fsp3) is 0.889. The number of hydrogen-bond donors (Lipinski definition) is 1. The van der Waals surface area contributed by atoms with Crippen LogP contribution in [0.1, 0.15) is 19.3 Å².